The molecule has 0 aromatic carbocycles. The average Bonchev–Trinajstić information content (AvgIpc) is 3.53. The standard InChI is InChI=1S/C29H34N8/c1-6-20(4)32-22-13-21(15-30-16-22)19(3)12-24-25(7-2)34-35-29(24)26-14-23-27(33-26)17-31-18-28(23)37-10-8-36(5)9-11-37/h7,12-18,32-34H,3-4,6,8-11H2,1-2,5H3/b24-12+,25-7+. The van der Waals surface area contributed by atoms with Gasteiger partial charge < -0.3 is 20.1 Å². The van der Waals surface area contributed by atoms with Crippen molar-refractivity contribution in [2.75, 3.05) is 43.4 Å². The van der Waals surface area contributed by atoms with E-state index in [0.29, 0.717) is 0 Å². The van der Waals surface area contributed by atoms with Crippen molar-refractivity contribution in [3.05, 3.63) is 71.9 Å². The molecule has 8 heteroatoms. The van der Waals surface area contributed by atoms with Gasteiger partial charge in [-0.3, -0.25) is 15.1 Å². The number of nitrogens with one attached hydrogen (secondary N) is 3. The Bertz CT molecular complexity index is 1570. The normalized spacial score (nSPS) is 15.5. The fourth-order valence-electron chi connectivity index (χ4n) is 4.63. The Labute approximate surface area is 217 Å². The van der Waals surface area contributed by atoms with Gasteiger partial charge in [0.1, 0.15) is 5.69 Å². The lowest BCUT2D eigenvalue weighted by Crippen LogP contribution is -2.44. The van der Waals surface area contributed by atoms with E-state index in [4.69, 9.17) is 0 Å². The van der Waals surface area contributed by atoms with E-state index in [9.17, 15) is 0 Å². The topological polar surface area (TPSA) is 88.8 Å². The summed E-state index contributed by atoms with van der Waals surface area (Å²) in [4.78, 5) is 17.2. The summed E-state index contributed by atoms with van der Waals surface area (Å²) < 4.78 is 0. The molecule has 0 atom stereocenters. The van der Waals surface area contributed by atoms with Crippen LogP contribution in [0.2, 0.25) is 0 Å². The van der Waals surface area contributed by atoms with Crippen LogP contribution in [0.15, 0.2) is 55.8 Å². The van der Waals surface area contributed by atoms with Gasteiger partial charge in [-0.1, -0.05) is 26.2 Å². The first-order valence-corrected chi connectivity index (χ1v) is 12.7. The second kappa shape index (κ2) is 10.4. The van der Waals surface area contributed by atoms with Crippen LogP contribution in [-0.4, -0.2) is 63.3 Å². The molecule has 190 valence electrons. The molecule has 37 heavy (non-hydrogen) atoms. The zero-order chi connectivity index (χ0) is 25.9. The van der Waals surface area contributed by atoms with Crippen molar-refractivity contribution >= 4 is 40.0 Å². The van der Waals surface area contributed by atoms with Crippen LogP contribution < -0.4 is 20.8 Å². The monoisotopic (exact) mass is 494 g/mol. The van der Waals surface area contributed by atoms with Gasteiger partial charge in [-0.15, -0.1) is 0 Å². The molecule has 5 heterocycles. The third-order valence-corrected chi connectivity index (χ3v) is 6.92. The highest BCUT2D eigenvalue weighted by molar-refractivity contribution is 5.95. The number of rotatable bonds is 7. The number of fused-ring (bicyclic) bond motifs is 1. The molecule has 1 aliphatic rings. The summed E-state index contributed by atoms with van der Waals surface area (Å²) in [5, 5.41) is 14.2. The fourth-order valence-corrected chi connectivity index (χ4v) is 4.63. The van der Waals surface area contributed by atoms with Crippen LogP contribution in [0.1, 0.15) is 25.8 Å². The van der Waals surface area contributed by atoms with E-state index >= 15 is 0 Å². The fraction of sp³-hybridized carbons (Fsp3) is 0.276. The van der Waals surface area contributed by atoms with Gasteiger partial charge in [0.2, 0.25) is 0 Å². The van der Waals surface area contributed by atoms with Crippen LogP contribution in [0, 0.1) is 0 Å². The minimum absolute atomic E-state index is 0.844. The van der Waals surface area contributed by atoms with E-state index < -0.39 is 0 Å². The van der Waals surface area contributed by atoms with Gasteiger partial charge in [0.15, 0.2) is 0 Å². The molecule has 8 nitrogen and oxygen atoms in total. The molecular weight excluding hydrogens is 460 g/mol. The Balaban J connectivity index is 1.53. The molecule has 0 aliphatic carbocycles. The van der Waals surface area contributed by atoms with Crippen LogP contribution in [0.5, 0.6) is 0 Å². The van der Waals surface area contributed by atoms with E-state index in [0.717, 1.165) is 93.7 Å². The molecule has 0 unspecified atom stereocenters. The summed E-state index contributed by atoms with van der Waals surface area (Å²) in [7, 11) is 2.17. The molecule has 0 saturated carbocycles. The predicted octanol–water partition coefficient (Wildman–Crippen LogP) is 3.73. The Morgan fingerprint density at radius 2 is 1.86 bits per heavy atom. The quantitative estimate of drug-likeness (QED) is 0.363. The minimum Gasteiger partial charge on any atom is -0.367 e. The number of anilines is 2. The molecular formula is C29H34N8. The Hall–Kier alpha value is -4.17. The average molecular weight is 495 g/mol. The van der Waals surface area contributed by atoms with Crippen molar-refractivity contribution in [2.45, 2.75) is 20.3 Å². The predicted molar refractivity (Wildman–Crippen MR) is 154 cm³/mol. The maximum Gasteiger partial charge on any atom is 0.116 e. The maximum absolute atomic E-state index is 4.68. The first-order chi connectivity index (χ1) is 18.0. The molecule has 4 aromatic rings. The van der Waals surface area contributed by atoms with Crippen molar-refractivity contribution in [1.82, 2.24) is 30.0 Å². The van der Waals surface area contributed by atoms with Gasteiger partial charge in [-0.05, 0) is 44.2 Å². The summed E-state index contributed by atoms with van der Waals surface area (Å²) in [6.07, 6.45) is 12.4. The van der Waals surface area contributed by atoms with Crippen LogP contribution >= 0.6 is 0 Å². The number of allylic oxidation sites excluding steroid dienone is 2. The number of pyridine rings is 2. The maximum atomic E-state index is 4.68. The van der Waals surface area contributed by atoms with Crippen molar-refractivity contribution in [2.24, 2.45) is 0 Å². The lowest BCUT2D eigenvalue weighted by Gasteiger charge is -2.34. The second-order valence-corrected chi connectivity index (χ2v) is 9.50. The summed E-state index contributed by atoms with van der Waals surface area (Å²) in [5.41, 5.74) is 7.56. The first-order valence-electron chi connectivity index (χ1n) is 12.7. The summed E-state index contributed by atoms with van der Waals surface area (Å²) >= 11 is 0. The molecule has 3 N–H and O–H groups in total. The Kier molecular flexibility index (Phi) is 6.92. The van der Waals surface area contributed by atoms with E-state index in [1.807, 2.05) is 37.7 Å². The third-order valence-electron chi connectivity index (χ3n) is 6.92. The lowest BCUT2D eigenvalue weighted by molar-refractivity contribution is 0.313. The molecule has 5 rings (SSSR count). The molecule has 0 bridgehead atoms. The van der Waals surface area contributed by atoms with Crippen molar-refractivity contribution in [3.8, 4) is 11.4 Å². The zero-order valence-corrected chi connectivity index (χ0v) is 21.8. The van der Waals surface area contributed by atoms with Crippen molar-refractivity contribution in [3.63, 3.8) is 0 Å². The summed E-state index contributed by atoms with van der Waals surface area (Å²) in [6, 6.07) is 4.22. The van der Waals surface area contributed by atoms with Gasteiger partial charge in [0, 0.05) is 54.2 Å². The van der Waals surface area contributed by atoms with Gasteiger partial charge in [0.25, 0.3) is 0 Å². The Morgan fingerprint density at radius 3 is 2.62 bits per heavy atom. The molecule has 0 radical (unpaired) electrons. The van der Waals surface area contributed by atoms with Gasteiger partial charge >= 0.3 is 0 Å². The van der Waals surface area contributed by atoms with E-state index in [1.54, 1.807) is 6.20 Å². The number of nitrogens with zero attached hydrogens (tertiary/aromatic N) is 5. The third kappa shape index (κ3) is 5.06. The van der Waals surface area contributed by atoms with Gasteiger partial charge in [-0.25, -0.2) is 0 Å². The number of hydrogen-bond donors (Lipinski definition) is 3. The molecule has 0 spiro atoms. The summed E-state index contributed by atoms with van der Waals surface area (Å²) in [5.74, 6) is 0. The van der Waals surface area contributed by atoms with Gasteiger partial charge in [-0.2, -0.15) is 5.10 Å². The highest BCUT2D eigenvalue weighted by Gasteiger charge is 2.19. The second-order valence-electron chi connectivity index (χ2n) is 9.50. The smallest absolute Gasteiger partial charge is 0.116 e. The highest BCUT2D eigenvalue weighted by atomic mass is 15.3. The van der Waals surface area contributed by atoms with Crippen LogP contribution in [0.4, 0.5) is 11.4 Å². The number of piperazine rings is 1. The number of aromatic amines is 2. The van der Waals surface area contributed by atoms with E-state index in [2.05, 4.69) is 79.5 Å². The van der Waals surface area contributed by atoms with Crippen LogP contribution in [0.3, 0.4) is 0 Å². The van der Waals surface area contributed by atoms with Crippen molar-refractivity contribution in [1.29, 1.82) is 0 Å². The Morgan fingerprint density at radius 1 is 1.08 bits per heavy atom. The zero-order valence-electron chi connectivity index (χ0n) is 21.8. The highest BCUT2D eigenvalue weighted by Crippen LogP contribution is 2.30. The first kappa shape index (κ1) is 24.5. The van der Waals surface area contributed by atoms with Crippen molar-refractivity contribution < 1.29 is 0 Å². The molecule has 4 aromatic heterocycles. The molecule has 0 amide bonds. The molecule has 1 fully saturated rings. The van der Waals surface area contributed by atoms with E-state index in [-0.39, 0.29) is 0 Å². The molecule has 1 aliphatic heterocycles. The summed E-state index contributed by atoms with van der Waals surface area (Å²) in [6.45, 7) is 16.5. The molecule has 1 saturated heterocycles. The van der Waals surface area contributed by atoms with Crippen LogP contribution in [0.25, 0.3) is 40.0 Å². The largest absolute Gasteiger partial charge is 0.367 e. The van der Waals surface area contributed by atoms with Gasteiger partial charge in [0.05, 0.1) is 46.5 Å². The van der Waals surface area contributed by atoms with Crippen LogP contribution in [-0.2, 0) is 0 Å². The number of aromatic nitrogens is 5. The van der Waals surface area contributed by atoms with E-state index in [1.165, 1.54) is 0 Å². The lowest BCUT2D eigenvalue weighted by atomic mass is 10.1. The SMILES string of the molecule is C=C(CC)Nc1cncc(C(=C)/C=c2/c(-c3cc4c(N5CCN(C)CC5)cncc4[nH]3)n[nH]/c2=C/C)c1. The minimum atomic E-state index is 0.844. The number of hydrogen-bond acceptors (Lipinski definition) is 6. The number of H-pyrrole nitrogens is 2. The number of likely N-dealkylation sites (N-methyl/N-ethyl adjacent to an activating group) is 1.